The number of hydrogen-bond donors (Lipinski definition) is 1. The van der Waals surface area contributed by atoms with Gasteiger partial charge in [-0.15, -0.1) is 0 Å². The van der Waals surface area contributed by atoms with E-state index in [9.17, 15) is 8.78 Å². The molecule has 1 N–H and O–H groups in total. The molecule has 1 aromatic rings. The number of halogens is 2. The molecule has 1 unspecified atom stereocenters. The van der Waals surface area contributed by atoms with E-state index in [0.29, 0.717) is 24.1 Å². The molecule has 0 amide bonds. The zero-order valence-electron chi connectivity index (χ0n) is 11.3. The summed E-state index contributed by atoms with van der Waals surface area (Å²) in [5.41, 5.74) is 1.40. The van der Waals surface area contributed by atoms with E-state index in [1.54, 1.807) is 0 Å². The van der Waals surface area contributed by atoms with Crippen molar-refractivity contribution < 1.29 is 8.78 Å². The molecule has 1 fully saturated rings. The number of hydrogen-bond acceptors (Lipinski definition) is 2. The third-order valence-corrected chi connectivity index (χ3v) is 4.44. The highest BCUT2D eigenvalue weighted by Gasteiger charge is 2.32. The molecule has 2 aliphatic heterocycles. The summed E-state index contributed by atoms with van der Waals surface area (Å²) in [7, 11) is 0. The van der Waals surface area contributed by atoms with Gasteiger partial charge >= 0.3 is 0 Å². The smallest absolute Gasteiger partial charge is 0.128 e. The predicted molar refractivity (Wildman–Crippen MR) is 70.9 cm³/mol. The minimum Gasteiger partial charge on any atom is -0.316 e. The van der Waals surface area contributed by atoms with Crippen molar-refractivity contribution in [2.75, 3.05) is 26.2 Å². The van der Waals surface area contributed by atoms with Crippen LogP contribution in [0.5, 0.6) is 0 Å². The van der Waals surface area contributed by atoms with Crippen LogP contribution in [0.1, 0.15) is 24.5 Å². The quantitative estimate of drug-likeness (QED) is 0.884. The topological polar surface area (TPSA) is 15.3 Å². The average Bonchev–Trinajstić information content (AvgIpc) is 2.81. The predicted octanol–water partition coefficient (Wildman–Crippen LogP) is 2.32. The fourth-order valence-corrected chi connectivity index (χ4v) is 3.33. The Morgan fingerprint density at radius 2 is 2.00 bits per heavy atom. The molecule has 2 heterocycles. The molecule has 0 radical (unpaired) electrons. The van der Waals surface area contributed by atoms with Gasteiger partial charge < -0.3 is 5.32 Å². The first-order valence-electron chi connectivity index (χ1n) is 6.96. The lowest BCUT2D eigenvalue weighted by molar-refractivity contribution is 0.161. The van der Waals surface area contributed by atoms with E-state index in [-0.39, 0.29) is 17.0 Å². The van der Waals surface area contributed by atoms with Gasteiger partial charge in [0, 0.05) is 31.7 Å². The molecule has 0 aliphatic carbocycles. The van der Waals surface area contributed by atoms with Gasteiger partial charge in [0.1, 0.15) is 11.6 Å². The molecule has 0 saturated carbocycles. The Hall–Kier alpha value is -1.00. The van der Waals surface area contributed by atoms with E-state index in [0.717, 1.165) is 32.6 Å². The van der Waals surface area contributed by atoms with Crippen molar-refractivity contribution in [3.05, 3.63) is 34.9 Å². The van der Waals surface area contributed by atoms with Crippen molar-refractivity contribution in [2.45, 2.75) is 26.3 Å². The van der Waals surface area contributed by atoms with Crippen LogP contribution in [0.4, 0.5) is 8.78 Å². The summed E-state index contributed by atoms with van der Waals surface area (Å²) in [5, 5.41) is 3.38. The van der Waals surface area contributed by atoms with E-state index in [1.807, 2.05) is 0 Å². The van der Waals surface area contributed by atoms with Gasteiger partial charge in [-0.2, -0.15) is 0 Å². The molecular formula is C15H20F2N2. The van der Waals surface area contributed by atoms with Crippen LogP contribution >= 0.6 is 0 Å². The molecule has 0 spiro atoms. The highest BCUT2D eigenvalue weighted by molar-refractivity contribution is 5.32. The summed E-state index contributed by atoms with van der Waals surface area (Å²) in [6, 6.07) is 2.49. The first kappa shape index (κ1) is 13.0. The molecule has 1 aromatic carbocycles. The zero-order chi connectivity index (χ0) is 13.5. The summed E-state index contributed by atoms with van der Waals surface area (Å²) >= 11 is 0. The second kappa shape index (κ2) is 4.84. The summed E-state index contributed by atoms with van der Waals surface area (Å²) in [4.78, 5) is 2.26. The van der Waals surface area contributed by atoms with Crippen molar-refractivity contribution in [1.82, 2.24) is 10.2 Å². The molecule has 19 heavy (non-hydrogen) atoms. The highest BCUT2D eigenvalue weighted by atomic mass is 19.1. The van der Waals surface area contributed by atoms with Gasteiger partial charge in [-0.3, -0.25) is 4.90 Å². The van der Waals surface area contributed by atoms with Gasteiger partial charge in [0.2, 0.25) is 0 Å². The minimum absolute atomic E-state index is 0.259. The maximum atomic E-state index is 13.8. The van der Waals surface area contributed by atoms with Crippen LogP contribution in [-0.4, -0.2) is 31.1 Å². The lowest BCUT2D eigenvalue weighted by atomic mass is 9.88. The molecule has 4 heteroatoms. The summed E-state index contributed by atoms with van der Waals surface area (Å²) < 4.78 is 27.5. The normalized spacial score (nSPS) is 27.5. The lowest BCUT2D eigenvalue weighted by Crippen LogP contribution is -2.40. The Balaban J connectivity index is 1.77. The van der Waals surface area contributed by atoms with E-state index < -0.39 is 0 Å². The molecule has 2 aliphatic rings. The van der Waals surface area contributed by atoms with Gasteiger partial charge in [-0.1, -0.05) is 6.92 Å². The van der Waals surface area contributed by atoms with Crippen LogP contribution in [0.3, 0.4) is 0 Å². The first-order chi connectivity index (χ1) is 9.07. The monoisotopic (exact) mass is 266 g/mol. The van der Waals surface area contributed by atoms with Gasteiger partial charge in [-0.25, -0.2) is 8.78 Å². The standard InChI is InChI=1S/C15H20F2N2/c1-15(5-6-18-9-15)10-19-7-4-11-12(8-19)14(17)3-2-13(11)16/h2-3,18H,4-10H2,1H3. The molecule has 0 bridgehead atoms. The van der Waals surface area contributed by atoms with Crippen molar-refractivity contribution >= 4 is 0 Å². The summed E-state index contributed by atoms with van der Waals surface area (Å²) in [6.07, 6.45) is 1.77. The van der Waals surface area contributed by atoms with Crippen LogP contribution in [0.2, 0.25) is 0 Å². The van der Waals surface area contributed by atoms with E-state index in [2.05, 4.69) is 17.1 Å². The SMILES string of the molecule is CC1(CN2CCc3c(F)ccc(F)c3C2)CCNC1. The van der Waals surface area contributed by atoms with Gasteiger partial charge in [0.05, 0.1) is 0 Å². The number of rotatable bonds is 2. The molecule has 1 atom stereocenters. The van der Waals surface area contributed by atoms with E-state index >= 15 is 0 Å². The lowest BCUT2D eigenvalue weighted by Gasteiger charge is -2.35. The van der Waals surface area contributed by atoms with Crippen molar-refractivity contribution in [2.24, 2.45) is 5.41 Å². The number of fused-ring (bicyclic) bond motifs is 1. The Kier molecular flexibility index (Phi) is 3.31. The molecule has 104 valence electrons. The van der Waals surface area contributed by atoms with Crippen LogP contribution in [-0.2, 0) is 13.0 Å². The Labute approximate surface area is 112 Å². The zero-order valence-corrected chi connectivity index (χ0v) is 11.3. The third kappa shape index (κ3) is 2.51. The molecule has 3 rings (SSSR count). The van der Waals surface area contributed by atoms with Crippen LogP contribution in [0.15, 0.2) is 12.1 Å². The first-order valence-corrected chi connectivity index (χ1v) is 6.96. The molecule has 0 aromatic heterocycles. The van der Waals surface area contributed by atoms with Gasteiger partial charge in [0.15, 0.2) is 0 Å². The summed E-state index contributed by atoms with van der Waals surface area (Å²) in [6.45, 7) is 6.66. The van der Waals surface area contributed by atoms with Gasteiger partial charge in [-0.05, 0) is 42.5 Å². The second-order valence-electron chi connectivity index (χ2n) is 6.18. The van der Waals surface area contributed by atoms with Crippen LogP contribution in [0.25, 0.3) is 0 Å². The second-order valence-corrected chi connectivity index (χ2v) is 6.18. The summed E-state index contributed by atoms with van der Waals surface area (Å²) in [5.74, 6) is -0.527. The van der Waals surface area contributed by atoms with Crippen molar-refractivity contribution in [3.63, 3.8) is 0 Å². The van der Waals surface area contributed by atoms with Gasteiger partial charge in [0.25, 0.3) is 0 Å². The number of nitrogens with zero attached hydrogens (tertiary/aromatic N) is 1. The third-order valence-electron chi connectivity index (χ3n) is 4.44. The molecule has 1 saturated heterocycles. The van der Waals surface area contributed by atoms with Crippen LogP contribution < -0.4 is 5.32 Å². The van der Waals surface area contributed by atoms with Crippen molar-refractivity contribution in [1.29, 1.82) is 0 Å². The Bertz CT molecular complexity index is 481. The van der Waals surface area contributed by atoms with E-state index in [1.165, 1.54) is 12.1 Å². The average molecular weight is 266 g/mol. The number of benzene rings is 1. The molecule has 2 nitrogen and oxygen atoms in total. The van der Waals surface area contributed by atoms with E-state index in [4.69, 9.17) is 0 Å². The minimum atomic E-state index is -0.268. The van der Waals surface area contributed by atoms with Crippen molar-refractivity contribution in [3.8, 4) is 0 Å². The Morgan fingerprint density at radius 1 is 1.26 bits per heavy atom. The fraction of sp³-hybridized carbons (Fsp3) is 0.600. The maximum Gasteiger partial charge on any atom is 0.128 e. The number of nitrogens with one attached hydrogen (secondary N) is 1. The van der Waals surface area contributed by atoms with Crippen LogP contribution in [0, 0.1) is 17.0 Å². The highest BCUT2D eigenvalue weighted by Crippen LogP contribution is 2.30. The largest absolute Gasteiger partial charge is 0.316 e. The fourth-order valence-electron chi connectivity index (χ4n) is 3.33. The molecular weight excluding hydrogens is 246 g/mol. The Morgan fingerprint density at radius 3 is 2.68 bits per heavy atom. The maximum absolute atomic E-state index is 13.8.